The van der Waals surface area contributed by atoms with Crippen LogP contribution in [0.5, 0.6) is 0 Å². The van der Waals surface area contributed by atoms with Crippen LogP contribution in [0.2, 0.25) is 0 Å². The van der Waals surface area contributed by atoms with E-state index < -0.39 is 0 Å². The molecule has 1 saturated heterocycles. The highest BCUT2D eigenvalue weighted by Crippen LogP contribution is 2.36. The van der Waals surface area contributed by atoms with Crippen molar-refractivity contribution in [3.8, 4) is 0 Å². The molecule has 1 heterocycles. The first-order valence-electron chi connectivity index (χ1n) is 7.33. The second kappa shape index (κ2) is 5.68. The van der Waals surface area contributed by atoms with Crippen LogP contribution >= 0.6 is 0 Å². The summed E-state index contributed by atoms with van der Waals surface area (Å²) in [7, 11) is 0. The molecule has 0 amide bonds. The number of hydrogen-bond acceptors (Lipinski definition) is 3. The predicted molar refractivity (Wildman–Crippen MR) is 70.8 cm³/mol. The van der Waals surface area contributed by atoms with E-state index in [0.29, 0.717) is 5.92 Å². The fraction of sp³-hybridized carbons (Fsp3) is 1.00. The van der Waals surface area contributed by atoms with E-state index >= 15 is 0 Å². The van der Waals surface area contributed by atoms with Gasteiger partial charge in [-0.05, 0) is 57.5 Å². The van der Waals surface area contributed by atoms with Crippen molar-refractivity contribution in [3.63, 3.8) is 0 Å². The van der Waals surface area contributed by atoms with Crippen molar-refractivity contribution >= 4 is 0 Å². The van der Waals surface area contributed by atoms with Gasteiger partial charge < -0.3 is 15.7 Å². The molecule has 3 atom stereocenters. The fourth-order valence-corrected chi connectivity index (χ4v) is 3.78. The smallest absolute Gasteiger partial charge is 0.0613 e. The van der Waals surface area contributed by atoms with Crippen LogP contribution in [-0.2, 0) is 0 Å². The second-order valence-corrected chi connectivity index (χ2v) is 6.01. The van der Waals surface area contributed by atoms with Crippen LogP contribution in [0.3, 0.4) is 0 Å². The molecule has 0 spiro atoms. The minimum atomic E-state index is -0.276. The maximum Gasteiger partial charge on any atom is 0.0613 e. The van der Waals surface area contributed by atoms with Crippen LogP contribution in [0.25, 0.3) is 0 Å². The number of aliphatic hydroxyl groups is 1. The Morgan fingerprint density at radius 3 is 2.88 bits per heavy atom. The van der Waals surface area contributed by atoms with Gasteiger partial charge in [0.1, 0.15) is 0 Å². The molecule has 3 unspecified atom stereocenters. The zero-order chi connectivity index (χ0) is 12.3. The molecule has 17 heavy (non-hydrogen) atoms. The van der Waals surface area contributed by atoms with Crippen molar-refractivity contribution in [2.75, 3.05) is 19.7 Å². The molecule has 3 N–H and O–H groups in total. The number of aliphatic hydroxyl groups excluding tert-OH is 1. The SMILES string of the molecule is CCC1CCCN1CCC1CCCC1(N)CO. The van der Waals surface area contributed by atoms with Gasteiger partial charge in [-0.2, -0.15) is 0 Å². The lowest BCUT2D eigenvalue weighted by Gasteiger charge is -2.32. The summed E-state index contributed by atoms with van der Waals surface area (Å²) in [4.78, 5) is 2.64. The van der Waals surface area contributed by atoms with Gasteiger partial charge in [0.05, 0.1) is 6.61 Å². The highest BCUT2D eigenvalue weighted by molar-refractivity contribution is 4.96. The Morgan fingerprint density at radius 2 is 2.18 bits per heavy atom. The Balaban J connectivity index is 1.81. The first-order chi connectivity index (χ1) is 8.19. The Labute approximate surface area is 105 Å². The summed E-state index contributed by atoms with van der Waals surface area (Å²) in [5, 5.41) is 9.45. The van der Waals surface area contributed by atoms with Crippen LogP contribution in [0.4, 0.5) is 0 Å². The molecule has 1 saturated carbocycles. The molecule has 3 heteroatoms. The third kappa shape index (κ3) is 2.83. The van der Waals surface area contributed by atoms with E-state index in [2.05, 4.69) is 11.8 Å². The van der Waals surface area contributed by atoms with E-state index in [1.54, 1.807) is 0 Å². The summed E-state index contributed by atoms with van der Waals surface area (Å²) < 4.78 is 0. The van der Waals surface area contributed by atoms with Crippen molar-refractivity contribution < 1.29 is 5.11 Å². The normalized spacial score (nSPS) is 39.0. The summed E-state index contributed by atoms with van der Waals surface area (Å²) >= 11 is 0. The van der Waals surface area contributed by atoms with E-state index in [1.165, 1.54) is 51.6 Å². The number of hydrogen-bond donors (Lipinski definition) is 2. The number of nitrogens with two attached hydrogens (primary N) is 1. The average Bonchev–Trinajstić information content (AvgIpc) is 2.93. The topological polar surface area (TPSA) is 49.5 Å². The standard InChI is InChI=1S/C14H28N2O/c1-2-13-6-4-9-16(13)10-7-12-5-3-8-14(12,15)11-17/h12-13,17H,2-11,15H2,1H3. The number of likely N-dealkylation sites (tertiary alicyclic amines) is 1. The molecule has 1 aliphatic heterocycles. The lowest BCUT2D eigenvalue weighted by atomic mass is 9.86. The lowest BCUT2D eigenvalue weighted by Crippen LogP contribution is -2.48. The summed E-state index contributed by atoms with van der Waals surface area (Å²) in [5.74, 6) is 0.533. The number of nitrogens with zero attached hydrogens (tertiary/aromatic N) is 1. The van der Waals surface area contributed by atoms with Crippen LogP contribution in [0.1, 0.15) is 51.9 Å². The first-order valence-corrected chi connectivity index (χ1v) is 7.33. The summed E-state index contributed by atoms with van der Waals surface area (Å²) in [6.45, 7) is 4.90. The molecule has 1 aliphatic carbocycles. The highest BCUT2D eigenvalue weighted by atomic mass is 16.3. The zero-order valence-corrected chi connectivity index (χ0v) is 11.2. The molecular weight excluding hydrogens is 212 g/mol. The Bertz CT molecular complexity index is 246. The van der Waals surface area contributed by atoms with Crippen LogP contribution in [0.15, 0.2) is 0 Å². The van der Waals surface area contributed by atoms with Crippen molar-refractivity contribution in [2.45, 2.75) is 63.5 Å². The molecule has 2 rings (SSSR count). The monoisotopic (exact) mass is 240 g/mol. The fourth-order valence-electron chi connectivity index (χ4n) is 3.78. The third-order valence-electron chi connectivity index (χ3n) is 5.04. The maximum atomic E-state index is 9.45. The quantitative estimate of drug-likeness (QED) is 0.769. The molecule has 2 fully saturated rings. The van der Waals surface area contributed by atoms with Crippen LogP contribution < -0.4 is 5.73 Å². The van der Waals surface area contributed by atoms with Gasteiger partial charge in [0.15, 0.2) is 0 Å². The van der Waals surface area contributed by atoms with E-state index in [9.17, 15) is 5.11 Å². The van der Waals surface area contributed by atoms with Crippen LogP contribution in [0, 0.1) is 5.92 Å². The van der Waals surface area contributed by atoms with Gasteiger partial charge in [-0.1, -0.05) is 13.3 Å². The molecule has 0 radical (unpaired) electrons. The summed E-state index contributed by atoms with van der Waals surface area (Å²) in [6.07, 6.45) is 8.59. The first kappa shape index (κ1) is 13.3. The van der Waals surface area contributed by atoms with Gasteiger partial charge in [-0.3, -0.25) is 0 Å². The van der Waals surface area contributed by atoms with E-state index in [0.717, 1.165) is 12.5 Å². The van der Waals surface area contributed by atoms with Crippen molar-refractivity contribution in [3.05, 3.63) is 0 Å². The summed E-state index contributed by atoms with van der Waals surface area (Å²) in [5.41, 5.74) is 6.01. The minimum absolute atomic E-state index is 0.162. The van der Waals surface area contributed by atoms with Crippen molar-refractivity contribution in [1.29, 1.82) is 0 Å². The predicted octanol–water partition coefficient (Wildman–Crippen LogP) is 1.74. The Morgan fingerprint density at radius 1 is 1.35 bits per heavy atom. The lowest BCUT2D eigenvalue weighted by molar-refractivity contribution is 0.141. The van der Waals surface area contributed by atoms with Gasteiger partial charge in [-0.15, -0.1) is 0 Å². The largest absolute Gasteiger partial charge is 0.394 e. The van der Waals surface area contributed by atoms with Crippen LogP contribution in [-0.4, -0.2) is 41.3 Å². The summed E-state index contributed by atoms with van der Waals surface area (Å²) in [6, 6.07) is 0.803. The minimum Gasteiger partial charge on any atom is -0.394 e. The molecular formula is C14H28N2O. The van der Waals surface area contributed by atoms with Crippen molar-refractivity contribution in [1.82, 2.24) is 4.90 Å². The molecule has 0 bridgehead atoms. The highest BCUT2D eigenvalue weighted by Gasteiger charge is 2.39. The Hall–Kier alpha value is -0.120. The van der Waals surface area contributed by atoms with Gasteiger partial charge in [-0.25, -0.2) is 0 Å². The number of rotatable bonds is 5. The van der Waals surface area contributed by atoms with Gasteiger partial charge in [0.25, 0.3) is 0 Å². The third-order valence-corrected chi connectivity index (χ3v) is 5.04. The van der Waals surface area contributed by atoms with E-state index in [4.69, 9.17) is 5.73 Å². The Kier molecular flexibility index (Phi) is 4.45. The molecule has 0 aromatic carbocycles. The van der Waals surface area contributed by atoms with E-state index in [-0.39, 0.29) is 12.1 Å². The maximum absolute atomic E-state index is 9.45. The van der Waals surface area contributed by atoms with Gasteiger partial charge >= 0.3 is 0 Å². The van der Waals surface area contributed by atoms with Gasteiger partial charge in [0, 0.05) is 11.6 Å². The van der Waals surface area contributed by atoms with Crippen molar-refractivity contribution in [2.24, 2.45) is 11.7 Å². The van der Waals surface area contributed by atoms with Gasteiger partial charge in [0.2, 0.25) is 0 Å². The zero-order valence-electron chi connectivity index (χ0n) is 11.2. The average molecular weight is 240 g/mol. The molecule has 0 aromatic rings. The second-order valence-electron chi connectivity index (χ2n) is 6.01. The molecule has 100 valence electrons. The molecule has 2 aliphatic rings. The molecule has 3 nitrogen and oxygen atoms in total. The molecule has 0 aromatic heterocycles. The van der Waals surface area contributed by atoms with E-state index in [1.807, 2.05) is 0 Å².